The van der Waals surface area contributed by atoms with E-state index >= 15 is 0 Å². The highest BCUT2D eigenvalue weighted by Gasteiger charge is 2.25. The quantitative estimate of drug-likeness (QED) is 0.687. The third-order valence-corrected chi connectivity index (χ3v) is 2.81. The summed E-state index contributed by atoms with van der Waals surface area (Å²) in [6.45, 7) is 8.05. The van der Waals surface area contributed by atoms with Gasteiger partial charge in [0.05, 0.1) is 6.54 Å². The van der Waals surface area contributed by atoms with E-state index in [1.54, 1.807) is 0 Å². The molecule has 4 nitrogen and oxygen atoms in total. The van der Waals surface area contributed by atoms with Crippen molar-refractivity contribution in [3.05, 3.63) is 0 Å². The molecule has 1 saturated heterocycles. The molecule has 0 aromatic rings. The summed E-state index contributed by atoms with van der Waals surface area (Å²) in [5.41, 5.74) is 5.58. The van der Waals surface area contributed by atoms with Gasteiger partial charge in [-0.1, -0.05) is 6.92 Å². The molecule has 1 aliphatic rings. The van der Waals surface area contributed by atoms with Crippen LogP contribution in [0.2, 0.25) is 0 Å². The Labute approximate surface area is 86.0 Å². The number of amides is 1. The average molecular weight is 199 g/mol. The van der Waals surface area contributed by atoms with Gasteiger partial charge >= 0.3 is 0 Å². The fourth-order valence-electron chi connectivity index (χ4n) is 1.76. The number of carbonyl (C=O) groups is 1. The van der Waals surface area contributed by atoms with Crippen molar-refractivity contribution >= 4 is 5.91 Å². The second kappa shape index (κ2) is 5.32. The van der Waals surface area contributed by atoms with Gasteiger partial charge < -0.3 is 10.6 Å². The smallest absolute Gasteiger partial charge is 0.236 e. The fourth-order valence-corrected chi connectivity index (χ4v) is 1.76. The normalized spacial score (nSPS) is 21.4. The first kappa shape index (κ1) is 11.5. The highest BCUT2D eigenvalue weighted by atomic mass is 16.2. The molecule has 1 atom stereocenters. The molecule has 0 saturated carbocycles. The van der Waals surface area contributed by atoms with Gasteiger partial charge in [0.1, 0.15) is 0 Å². The van der Waals surface area contributed by atoms with Crippen LogP contribution in [0.4, 0.5) is 0 Å². The summed E-state index contributed by atoms with van der Waals surface area (Å²) in [7, 11) is 0. The molecule has 14 heavy (non-hydrogen) atoms. The Hall–Kier alpha value is -0.610. The van der Waals surface area contributed by atoms with Crippen molar-refractivity contribution < 1.29 is 4.79 Å². The molecule has 1 heterocycles. The molecule has 1 unspecified atom stereocenters. The second-order valence-electron chi connectivity index (χ2n) is 3.94. The molecule has 1 aliphatic heterocycles. The number of nitrogens with two attached hydrogens (primary N) is 1. The maximum absolute atomic E-state index is 11.7. The van der Waals surface area contributed by atoms with Gasteiger partial charge in [-0.25, -0.2) is 0 Å². The van der Waals surface area contributed by atoms with Crippen LogP contribution in [0.5, 0.6) is 0 Å². The highest BCUT2D eigenvalue weighted by Crippen LogP contribution is 2.07. The minimum absolute atomic E-state index is 0.249. The summed E-state index contributed by atoms with van der Waals surface area (Å²) < 4.78 is 0. The lowest BCUT2D eigenvalue weighted by molar-refractivity contribution is -0.136. The Balaban J connectivity index is 2.42. The van der Waals surface area contributed by atoms with Crippen LogP contribution in [-0.4, -0.2) is 54.5 Å². The molecule has 0 bridgehead atoms. The molecule has 0 aromatic carbocycles. The van der Waals surface area contributed by atoms with Gasteiger partial charge in [-0.05, 0) is 13.3 Å². The molecule has 0 aromatic heterocycles. The molecule has 0 spiro atoms. The van der Waals surface area contributed by atoms with Crippen LogP contribution in [0.25, 0.3) is 0 Å². The van der Waals surface area contributed by atoms with Gasteiger partial charge in [0.15, 0.2) is 0 Å². The van der Waals surface area contributed by atoms with Crippen LogP contribution in [-0.2, 0) is 4.79 Å². The zero-order valence-corrected chi connectivity index (χ0v) is 9.20. The third-order valence-electron chi connectivity index (χ3n) is 2.81. The van der Waals surface area contributed by atoms with E-state index in [-0.39, 0.29) is 5.91 Å². The van der Waals surface area contributed by atoms with E-state index < -0.39 is 0 Å². The molecule has 0 aliphatic carbocycles. The Kier molecular flexibility index (Phi) is 4.35. The zero-order chi connectivity index (χ0) is 10.6. The summed E-state index contributed by atoms with van der Waals surface area (Å²) in [6, 6.07) is 0.322. The molecule has 0 radical (unpaired) electrons. The van der Waals surface area contributed by atoms with Crippen molar-refractivity contribution in [3.63, 3.8) is 0 Å². The Morgan fingerprint density at radius 3 is 2.71 bits per heavy atom. The van der Waals surface area contributed by atoms with Crippen molar-refractivity contribution in [2.75, 3.05) is 32.7 Å². The van der Waals surface area contributed by atoms with Crippen molar-refractivity contribution in [2.45, 2.75) is 26.3 Å². The molecular weight excluding hydrogens is 178 g/mol. The monoisotopic (exact) mass is 199 g/mol. The maximum atomic E-state index is 11.7. The fraction of sp³-hybridized carbons (Fsp3) is 0.900. The lowest BCUT2D eigenvalue weighted by Crippen LogP contribution is -2.54. The lowest BCUT2D eigenvalue weighted by Gasteiger charge is -2.37. The molecule has 4 heteroatoms. The second-order valence-corrected chi connectivity index (χ2v) is 3.94. The molecule has 82 valence electrons. The van der Waals surface area contributed by atoms with Gasteiger partial charge in [0.2, 0.25) is 5.91 Å². The Morgan fingerprint density at radius 1 is 1.50 bits per heavy atom. The summed E-state index contributed by atoms with van der Waals surface area (Å²) in [6.07, 6.45) is 1.04. The topological polar surface area (TPSA) is 49.6 Å². The van der Waals surface area contributed by atoms with Crippen molar-refractivity contribution in [2.24, 2.45) is 5.73 Å². The predicted octanol–water partition coefficient (Wildman–Crippen LogP) is -0.112. The first-order valence-corrected chi connectivity index (χ1v) is 5.41. The number of carbonyl (C=O) groups excluding carboxylic acids is 1. The van der Waals surface area contributed by atoms with Crippen LogP contribution < -0.4 is 5.73 Å². The van der Waals surface area contributed by atoms with E-state index in [2.05, 4.69) is 18.7 Å². The lowest BCUT2D eigenvalue weighted by atomic mass is 10.2. The SMILES string of the molecule is CCCN1CCN(C(C)CN)CC1=O. The summed E-state index contributed by atoms with van der Waals surface area (Å²) in [5, 5.41) is 0. The van der Waals surface area contributed by atoms with E-state index in [1.165, 1.54) is 0 Å². The minimum Gasteiger partial charge on any atom is -0.340 e. The minimum atomic E-state index is 0.249. The number of rotatable bonds is 4. The number of hydrogen-bond donors (Lipinski definition) is 1. The van der Waals surface area contributed by atoms with E-state index in [4.69, 9.17) is 5.73 Å². The molecule has 1 rings (SSSR count). The summed E-state index contributed by atoms with van der Waals surface area (Å²) >= 11 is 0. The molecule has 1 amide bonds. The molecule has 1 fully saturated rings. The van der Waals surface area contributed by atoms with Crippen LogP contribution >= 0.6 is 0 Å². The van der Waals surface area contributed by atoms with Crippen LogP contribution in [0.15, 0.2) is 0 Å². The van der Waals surface area contributed by atoms with Crippen molar-refractivity contribution in [1.82, 2.24) is 9.80 Å². The maximum Gasteiger partial charge on any atom is 0.236 e. The number of nitrogens with zero attached hydrogens (tertiary/aromatic N) is 2. The zero-order valence-electron chi connectivity index (χ0n) is 9.20. The van der Waals surface area contributed by atoms with Gasteiger partial charge in [-0.3, -0.25) is 9.69 Å². The predicted molar refractivity (Wildman–Crippen MR) is 57.0 cm³/mol. The highest BCUT2D eigenvalue weighted by molar-refractivity contribution is 5.79. The first-order valence-electron chi connectivity index (χ1n) is 5.41. The van der Waals surface area contributed by atoms with E-state index in [9.17, 15) is 4.79 Å². The van der Waals surface area contributed by atoms with Gasteiger partial charge in [0.25, 0.3) is 0 Å². The molecule has 2 N–H and O–H groups in total. The molecular formula is C10H21N3O. The van der Waals surface area contributed by atoms with E-state index in [0.29, 0.717) is 19.1 Å². The number of piperazine rings is 1. The van der Waals surface area contributed by atoms with Crippen LogP contribution in [0.1, 0.15) is 20.3 Å². The van der Waals surface area contributed by atoms with Crippen molar-refractivity contribution in [3.8, 4) is 0 Å². The standard InChI is InChI=1S/C10H21N3O/c1-3-4-12-5-6-13(8-10(12)14)9(2)7-11/h9H,3-8,11H2,1-2H3. The third kappa shape index (κ3) is 2.69. The Bertz CT molecular complexity index is 196. The summed E-state index contributed by atoms with van der Waals surface area (Å²) in [4.78, 5) is 15.8. The largest absolute Gasteiger partial charge is 0.340 e. The number of hydrogen-bond acceptors (Lipinski definition) is 3. The Morgan fingerprint density at radius 2 is 2.21 bits per heavy atom. The van der Waals surface area contributed by atoms with Crippen LogP contribution in [0.3, 0.4) is 0 Å². The van der Waals surface area contributed by atoms with E-state index in [0.717, 1.165) is 26.1 Å². The van der Waals surface area contributed by atoms with Gasteiger partial charge in [-0.15, -0.1) is 0 Å². The van der Waals surface area contributed by atoms with E-state index in [1.807, 2.05) is 4.90 Å². The summed E-state index contributed by atoms with van der Waals surface area (Å²) in [5.74, 6) is 0.249. The van der Waals surface area contributed by atoms with Crippen LogP contribution in [0, 0.1) is 0 Å². The first-order chi connectivity index (χ1) is 6.69. The van der Waals surface area contributed by atoms with Crippen molar-refractivity contribution in [1.29, 1.82) is 0 Å². The van der Waals surface area contributed by atoms with Gasteiger partial charge in [0, 0.05) is 32.2 Å². The average Bonchev–Trinajstić information content (AvgIpc) is 2.20. The van der Waals surface area contributed by atoms with Gasteiger partial charge in [-0.2, -0.15) is 0 Å².